The molecule has 3 aliphatic rings. The molecule has 0 aliphatic carbocycles. The second-order valence-corrected chi connectivity index (χ2v) is 9.08. The van der Waals surface area contributed by atoms with Gasteiger partial charge in [-0.05, 0) is 48.9 Å². The Morgan fingerprint density at radius 1 is 1.14 bits per heavy atom. The smallest absolute Gasteiger partial charge is 0.272 e. The molecule has 3 atom stereocenters. The van der Waals surface area contributed by atoms with Crippen LogP contribution in [0.15, 0.2) is 59.8 Å². The fourth-order valence-electron chi connectivity index (χ4n) is 3.91. The minimum Gasteiger partial charge on any atom is -0.497 e. The van der Waals surface area contributed by atoms with Crippen molar-refractivity contribution in [2.24, 2.45) is 0 Å². The lowest BCUT2D eigenvalue weighted by atomic mass is 9.80. The number of halogens is 2. The van der Waals surface area contributed by atoms with Gasteiger partial charge >= 0.3 is 0 Å². The molecule has 2 saturated heterocycles. The number of β-lactam (4-membered cyclic amide) rings is 1. The van der Waals surface area contributed by atoms with Crippen LogP contribution in [0, 0.1) is 0 Å². The average molecular weight is 435 g/mol. The van der Waals surface area contributed by atoms with Crippen LogP contribution in [0.5, 0.6) is 5.75 Å². The molecule has 0 unspecified atom stereocenters. The normalized spacial score (nSPS) is 30.4. The van der Waals surface area contributed by atoms with Gasteiger partial charge in [-0.2, -0.15) is 5.01 Å². The lowest BCUT2D eigenvalue weighted by Gasteiger charge is -2.56. The van der Waals surface area contributed by atoms with Crippen molar-refractivity contribution >= 4 is 40.9 Å². The number of thioether (sulfide) groups is 1. The van der Waals surface area contributed by atoms with Gasteiger partial charge in [0.25, 0.3) is 11.6 Å². The van der Waals surface area contributed by atoms with Crippen LogP contribution in [0.2, 0.25) is 5.02 Å². The maximum atomic E-state index is 13.0. The molecule has 0 aromatic heterocycles. The van der Waals surface area contributed by atoms with Gasteiger partial charge < -0.3 is 9.47 Å². The summed E-state index contributed by atoms with van der Waals surface area (Å²) < 4.78 is 11.6. The Morgan fingerprint density at radius 2 is 1.82 bits per heavy atom. The highest BCUT2D eigenvalue weighted by molar-refractivity contribution is 8.02. The predicted octanol–water partition coefficient (Wildman–Crippen LogP) is 4.83. The Labute approximate surface area is 176 Å². The molecule has 8 heteroatoms. The summed E-state index contributed by atoms with van der Waals surface area (Å²) in [5, 5.41) is 5.96. The topological polar surface area (TPSA) is 42.0 Å². The summed E-state index contributed by atoms with van der Waals surface area (Å²) in [6, 6.07) is 15.0. The lowest BCUT2D eigenvalue weighted by molar-refractivity contribution is -0.224. The summed E-state index contributed by atoms with van der Waals surface area (Å²) in [6.45, 7) is 1.70. The van der Waals surface area contributed by atoms with E-state index in [0.717, 1.165) is 16.9 Å². The largest absolute Gasteiger partial charge is 0.497 e. The van der Waals surface area contributed by atoms with E-state index in [9.17, 15) is 4.79 Å². The Bertz CT molecular complexity index is 994. The molecule has 0 radical (unpaired) electrons. The van der Waals surface area contributed by atoms with Gasteiger partial charge in [0.15, 0.2) is 4.87 Å². The van der Waals surface area contributed by atoms with Crippen LogP contribution >= 0.6 is 35.0 Å². The minimum atomic E-state index is -1.22. The van der Waals surface area contributed by atoms with Crippen LogP contribution in [-0.2, 0) is 15.3 Å². The first-order valence-electron chi connectivity index (χ1n) is 8.67. The number of hydrazine groups is 1. The van der Waals surface area contributed by atoms with E-state index in [1.54, 1.807) is 30.8 Å². The summed E-state index contributed by atoms with van der Waals surface area (Å²) in [6.07, 6.45) is 0. The second kappa shape index (κ2) is 5.99. The summed E-state index contributed by atoms with van der Waals surface area (Å²) in [5.74, 6) is 1.13. The van der Waals surface area contributed by atoms with E-state index < -0.39 is 10.6 Å². The molecule has 0 spiro atoms. The first kappa shape index (κ1) is 18.0. The quantitative estimate of drug-likeness (QED) is 0.510. The van der Waals surface area contributed by atoms with E-state index in [0.29, 0.717) is 10.9 Å². The first-order valence-corrected chi connectivity index (χ1v) is 10.4. The van der Waals surface area contributed by atoms with Crippen molar-refractivity contribution in [3.05, 3.63) is 76.0 Å². The number of carbonyl (C=O) groups is 1. The molecule has 5 rings (SSSR count). The van der Waals surface area contributed by atoms with Crippen LogP contribution in [0.3, 0.4) is 0 Å². The molecular formula is C20H16Cl2N2O3S. The van der Waals surface area contributed by atoms with Gasteiger partial charge in [-0.3, -0.25) is 4.79 Å². The predicted molar refractivity (Wildman–Crippen MR) is 109 cm³/mol. The monoisotopic (exact) mass is 434 g/mol. The Kier molecular flexibility index (Phi) is 3.86. The highest BCUT2D eigenvalue weighted by Crippen LogP contribution is 2.64. The zero-order chi connectivity index (χ0) is 19.7. The third-order valence-electron chi connectivity index (χ3n) is 5.38. The molecule has 2 aromatic carbocycles. The molecule has 1 amide bonds. The molecule has 2 fully saturated rings. The molecule has 28 heavy (non-hydrogen) atoms. The van der Waals surface area contributed by atoms with E-state index in [2.05, 4.69) is 0 Å². The van der Waals surface area contributed by atoms with E-state index in [1.165, 1.54) is 0 Å². The van der Waals surface area contributed by atoms with Gasteiger partial charge in [-0.15, -0.1) is 11.6 Å². The number of carbonyl (C=O) groups excluding carboxylic acids is 1. The molecule has 2 aromatic rings. The van der Waals surface area contributed by atoms with Crippen molar-refractivity contribution in [2.75, 3.05) is 7.11 Å². The second-order valence-electron chi connectivity index (χ2n) is 6.94. The van der Waals surface area contributed by atoms with Gasteiger partial charge in [0.1, 0.15) is 11.1 Å². The molecule has 3 aliphatic heterocycles. The molecule has 5 nitrogen and oxygen atoms in total. The number of fused-ring (bicyclic) bond motifs is 3. The maximum Gasteiger partial charge on any atom is 0.272 e. The molecular weight excluding hydrogens is 419 g/mol. The number of benzene rings is 2. The number of rotatable bonds is 3. The zero-order valence-corrected chi connectivity index (χ0v) is 17.4. The van der Waals surface area contributed by atoms with Crippen LogP contribution in [0.25, 0.3) is 0 Å². The number of nitrogens with zero attached hydrogens (tertiary/aromatic N) is 2. The molecule has 0 bridgehead atoms. The molecule has 0 N–H and O–H groups in total. The van der Waals surface area contributed by atoms with Gasteiger partial charge in [0.05, 0.1) is 7.11 Å². The Hall–Kier alpha value is -2.02. The van der Waals surface area contributed by atoms with Gasteiger partial charge in [0, 0.05) is 16.0 Å². The van der Waals surface area contributed by atoms with Crippen molar-refractivity contribution in [3.63, 3.8) is 0 Å². The highest BCUT2D eigenvalue weighted by Gasteiger charge is 2.78. The van der Waals surface area contributed by atoms with Crippen molar-refractivity contribution in [1.82, 2.24) is 10.0 Å². The minimum absolute atomic E-state index is 0.135. The summed E-state index contributed by atoms with van der Waals surface area (Å²) >= 11 is 14.3. The van der Waals surface area contributed by atoms with Crippen LogP contribution in [-0.4, -0.2) is 27.9 Å². The SMILES string of the molecule is COc1ccc([C@]23OC4=CS[C@@H](c5ccc(Cl)cc5)N4N2C(=O)[C@@]3(C)Cl)cc1. The van der Waals surface area contributed by atoms with Gasteiger partial charge in [-0.1, -0.05) is 35.5 Å². The molecule has 0 saturated carbocycles. The number of hydrogen-bond donors (Lipinski definition) is 0. The zero-order valence-electron chi connectivity index (χ0n) is 15.1. The van der Waals surface area contributed by atoms with Crippen molar-refractivity contribution in [1.29, 1.82) is 0 Å². The number of hydrogen-bond acceptors (Lipinski definition) is 5. The van der Waals surface area contributed by atoms with Crippen molar-refractivity contribution < 1.29 is 14.3 Å². The maximum absolute atomic E-state index is 13.0. The van der Waals surface area contributed by atoms with E-state index >= 15 is 0 Å². The highest BCUT2D eigenvalue weighted by atomic mass is 35.5. The third kappa shape index (κ3) is 2.14. The number of alkyl halides is 1. The standard InChI is InChI=1S/C20H16Cl2N2O3S/c1-19(22)18(25)24-20(19,13-5-9-15(26-2)10-6-13)27-16-11-28-17(23(16)24)12-3-7-14(21)8-4-12/h3-11,17H,1-2H3/t17-,19+,20+/m0/s1. The van der Waals surface area contributed by atoms with E-state index in [4.69, 9.17) is 32.7 Å². The number of ether oxygens (including phenoxy) is 2. The molecule has 144 valence electrons. The van der Waals surface area contributed by atoms with Gasteiger partial charge in [0.2, 0.25) is 5.88 Å². The first-order chi connectivity index (χ1) is 13.4. The Morgan fingerprint density at radius 3 is 2.46 bits per heavy atom. The summed E-state index contributed by atoms with van der Waals surface area (Å²) in [4.78, 5) is 11.8. The average Bonchev–Trinajstić information content (AvgIpc) is 3.24. The van der Waals surface area contributed by atoms with Crippen molar-refractivity contribution in [3.8, 4) is 5.75 Å². The van der Waals surface area contributed by atoms with Crippen LogP contribution in [0.4, 0.5) is 0 Å². The lowest BCUT2D eigenvalue weighted by Crippen LogP contribution is -2.76. The van der Waals surface area contributed by atoms with E-state index in [1.807, 2.05) is 58.9 Å². The fourth-order valence-corrected chi connectivity index (χ4v) is 5.38. The molecule has 3 heterocycles. The van der Waals surface area contributed by atoms with E-state index in [-0.39, 0.29) is 11.3 Å². The summed E-state index contributed by atoms with van der Waals surface area (Å²) in [7, 11) is 1.61. The van der Waals surface area contributed by atoms with Crippen LogP contribution in [0.1, 0.15) is 23.4 Å². The number of amides is 1. The Balaban J connectivity index is 1.58. The van der Waals surface area contributed by atoms with Gasteiger partial charge in [-0.25, -0.2) is 5.01 Å². The van der Waals surface area contributed by atoms with Crippen LogP contribution < -0.4 is 4.74 Å². The summed E-state index contributed by atoms with van der Waals surface area (Å²) in [5.41, 5.74) is 0.710. The number of methoxy groups -OCH3 is 1. The van der Waals surface area contributed by atoms with Crippen molar-refractivity contribution in [2.45, 2.75) is 22.9 Å². The fraction of sp³-hybridized carbons (Fsp3) is 0.250. The third-order valence-corrected chi connectivity index (χ3v) is 7.12.